The van der Waals surface area contributed by atoms with E-state index in [0.29, 0.717) is 24.8 Å². The fourth-order valence-electron chi connectivity index (χ4n) is 5.28. The van der Waals surface area contributed by atoms with Crippen LogP contribution in [0.2, 0.25) is 0 Å². The summed E-state index contributed by atoms with van der Waals surface area (Å²) in [6, 6.07) is 11.7. The van der Waals surface area contributed by atoms with Crippen LogP contribution in [-0.4, -0.2) is 111 Å². The lowest BCUT2D eigenvalue weighted by Gasteiger charge is -2.54. The van der Waals surface area contributed by atoms with Crippen LogP contribution in [0.4, 0.5) is 14.5 Å². The van der Waals surface area contributed by atoms with Crippen LogP contribution in [-0.2, 0) is 4.74 Å². The van der Waals surface area contributed by atoms with Crippen LogP contribution < -0.4 is 4.90 Å². The lowest BCUT2D eigenvalue weighted by molar-refractivity contribution is -0.109. The highest BCUT2D eigenvalue weighted by molar-refractivity contribution is 5.54. The number of halogens is 2. The summed E-state index contributed by atoms with van der Waals surface area (Å²) in [6.45, 7) is 21.4. The van der Waals surface area contributed by atoms with Gasteiger partial charge in [-0.25, -0.2) is 8.78 Å². The van der Waals surface area contributed by atoms with E-state index in [-0.39, 0.29) is 30.1 Å². The molecule has 2 aromatic carbocycles. The summed E-state index contributed by atoms with van der Waals surface area (Å²) < 4.78 is 31.3. The van der Waals surface area contributed by atoms with Crippen molar-refractivity contribution in [2.24, 2.45) is 5.92 Å². The van der Waals surface area contributed by atoms with Crippen LogP contribution in [0.1, 0.15) is 92.7 Å². The quantitative estimate of drug-likeness (QED) is 0.0808. The Hall–Kier alpha value is -2.94. The van der Waals surface area contributed by atoms with Gasteiger partial charge in [-0.05, 0) is 102 Å². The summed E-state index contributed by atoms with van der Waals surface area (Å²) in [5.74, 6) is 0.279. The number of likely N-dealkylation sites (N-methyl/N-ethyl adjacent to an activating group) is 1. The number of ether oxygens (including phenoxy) is 1. The molecule has 1 heterocycles. The second-order valence-corrected chi connectivity index (χ2v) is 12.5. The number of benzene rings is 2. The largest absolute Gasteiger partial charge is 0.499 e. The molecule has 1 fully saturated rings. The predicted octanol–water partition coefficient (Wildman–Crippen LogP) is 5.94. The molecule has 8 unspecified atom stereocenters. The standard InChI is InChI=1S/C21H23F2NO2.C10H23NO4.C7H14O.C2H6.CH4O/c1-13(2)20-18(11-12-19(25)14-3-5-15(22)6-4-14)21(26)24(20)17-9-7-16(23)8-10-17;1-4-7(12)9(14)10(15)8(13)6-11(3)5-2;1-4-6-8-7(3)5-2;2*1-2/h3-10,18-21,25-26H,1,11-12H2,2H3;7-10,12-15H,4-6H2,1-3H3;5H,4,6H2,1-3H3;1-2H3;2H,1H3/b;;7-5+;;. The zero-order valence-electron chi connectivity index (χ0n) is 33.7. The molecule has 0 aliphatic carbocycles. The molecule has 8 atom stereocenters. The second kappa shape index (κ2) is 29.4. The van der Waals surface area contributed by atoms with E-state index in [1.54, 1.807) is 38.2 Å². The third kappa shape index (κ3) is 18.8. The van der Waals surface area contributed by atoms with Crippen LogP contribution in [0.15, 0.2) is 72.5 Å². The van der Waals surface area contributed by atoms with E-state index in [2.05, 4.69) is 13.5 Å². The highest BCUT2D eigenvalue weighted by Gasteiger charge is 2.47. The minimum Gasteiger partial charge on any atom is -0.499 e. The summed E-state index contributed by atoms with van der Waals surface area (Å²) in [5, 5.41) is 65.8. The fourth-order valence-corrected chi connectivity index (χ4v) is 5.28. The molecule has 12 heteroatoms. The first-order valence-corrected chi connectivity index (χ1v) is 18.5. The van der Waals surface area contributed by atoms with E-state index in [4.69, 9.17) is 9.84 Å². The van der Waals surface area contributed by atoms with Crippen molar-refractivity contribution in [2.45, 2.75) is 124 Å². The van der Waals surface area contributed by atoms with Crippen molar-refractivity contribution in [2.75, 3.05) is 38.8 Å². The number of aliphatic hydroxyl groups is 7. The third-order valence-electron chi connectivity index (χ3n) is 8.57. The number of hydrogen-bond donors (Lipinski definition) is 7. The van der Waals surface area contributed by atoms with Gasteiger partial charge in [-0.15, -0.1) is 0 Å². The van der Waals surface area contributed by atoms with Crippen LogP contribution >= 0.6 is 0 Å². The number of aliphatic hydroxyl groups excluding tert-OH is 7. The summed E-state index contributed by atoms with van der Waals surface area (Å²) in [4.78, 5) is 3.63. The SMILES string of the molecule is C/C=C(\C)OCCC.C=C(C)C1C(CCC(O)c2ccc(F)cc2)C(O)N1c1ccc(F)cc1.CC.CCC(O)C(O)C(O)C(O)CN(C)CC.CO. The molecule has 7 N–H and O–H groups in total. The summed E-state index contributed by atoms with van der Waals surface area (Å²) in [5.41, 5.74) is 2.30. The Morgan fingerprint density at radius 3 is 1.81 bits per heavy atom. The first-order chi connectivity index (χ1) is 25.1. The molecule has 0 bridgehead atoms. The summed E-state index contributed by atoms with van der Waals surface area (Å²) in [6.07, 6.45) is -1.65. The smallest absolute Gasteiger partial charge is 0.132 e. The number of anilines is 1. The minimum absolute atomic E-state index is 0.0733. The lowest BCUT2D eigenvalue weighted by Crippen LogP contribution is -2.64. The normalized spacial score (nSPS) is 19.1. The highest BCUT2D eigenvalue weighted by Crippen LogP contribution is 2.42. The van der Waals surface area contributed by atoms with E-state index in [9.17, 15) is 39.4 Å². The number of nitrogens with zero attached hydrogens (tertiary/aromatic N) is 2. The molecule has 306 valence electrons. The van der Waals surface area contributed by atoms with Crippen LogP contribution in [0, 0.1) is 17.6 Å². The van der Waals surface area contributed by atoms with Gasteiger partial charge in [-0.1, -0.05) is 65.0 Å². The number of rotatable bonds is 16. The molecule has 0 spiro atoms. The Labute approximate surface area is 317 Å². The van der Waals surface area contributed by atoms with Crippen molar-refractivity contribution >= 4 is 5.69 Å². The Bertz CT molecular complexity index is 1240. The fraction of sp³-hybridized carbons (Fsp3) is 0.610. The van der Waals surface area contributed by atoms with Gasteiger partial charge in [0.1, 0.15) is 30.1 Å². The third-order valence-corrected chi connectivity index (χ3v) is 8.57. The maximum Gasteiger partial charge on any atom is 0.132 e. The van der Waals surface area contributed by atoms with Crippen LogP contribution in [0.3, 0.4) is 0 Å². The maximum absolute atomic E-state index is 13.1. The topological polar surface area (TPSA) is 157 Å². The molecule has 53 heavy (non-hydrogen) atoms. The first-order valence-electron chi connectivity index (χ1n) is 18.5. The lowest BCUT2D eigenvalue weighted by atomic mass is 9.78. The Kier molecular flexibility index (Phi) is 29.0. The molecular weight excluding hydrogens is 686 g/mol. The Morgan fingerprint density at radius 2 is 1.38 bits per heavy atom. The molecular formula is C41H70F2N2O8. The number of hydrogen-bond acceptors (Lipinski definition) is 10. The van der Waals surface area contributed by atoms with E-state index < -0.39 is 36.7 Å². The van der Waals surface area contributed by atoms with Gasteiger partial charge in [-0.3, -0.25) is 0 Å². The van der Waals surface area contributed by atoms with Crippen molar-refractivity contribution in [3.8, 4) is 0 Å². The molecule has 0 radical (unpaired) electrons. The van der Waals surface area contributed by atoms with Gasteiger partial charge in [0.25, 0.3) is 0 Å². The van der Waals surface area contributed by atoms with Crippen molar-refractivity contribution in [1.82, 2.24) is 4.90 Å². The predicted molar refractivity (Wildman–Crippen MR) is 210 cm³/mol. The molecule has 3 rings (SSSR count). The molecule has 1 aliphatic heterocycles. The van der Waals surface area contributed by atoms with Gasteiger partial charge >= 0.3 is 0 Å². The number of allylic oxidation sites excluding steroid dienone is 2. The van der Waals surface area contributed by atoms with Crippen molar-refractivity contribution in [1.29, 1.82) is 0 Å². The molecule has 2 aromatic rings. The van der Waals surface area contributed by atoms with Gasteiger partial charge in [0, 0.05) is 25.3 Å². The maximum atomic E-state index is 13.1. The van der Waals surface area contributed by atoms with Crippen molar-refractivity contribution < 1.29 is 49.3 Å². The average Bonchev–Trinajstić information content (AvgIpc) is 3.17. The summed E-state index contributed by atoms with van der Waals surface area (Å²) >= 11 is 0. The first kappa shape index (κ1) is 52.2. The van der Waals surface area contributed by atoms with Crippen LogP contribution in [0.5, 0.6) is 0 Å². The zero-order valence-corrected chi connectivity index (χ0v) is 33.7. The average molecular weight is 757 g/mol. The van der Waals surface area contributed by atoms with E-state index in [1.165, 1.54) is 24.3 Å². The van der Waals surface area contributed by atoms with E-state index in [1.807, 2.05) is 57.4 Å². The van der Waals surface area contributed by atoms with Crippen LogP contribution in [0.25, 0.3) is 0 Å². The van der Waals surface area contributed by atoms with Gasteiger partial charge in [-0.2, -0.15) is 0 Å². The molecule has 0 saturated carbocycles. The molecule has 1 saturated heterocycles. The van der Waals surface area contributed by atoms with E-state index in [0.717, 1.165) is 43.7 Å². The monoisotopic (exact) mass is 757 g/mol. The Morgan fingerprint density at radius 1 is 0.887 bits per heavy atom. The van der Waals surface area contributed by atoms with Gasteiger partial charge in [0.2, 0.25) is 0 Å². The van der Waals surface area contributed by atoms with Crippen molar-refractivity contribution in [3.05, 3.63) is 89.7 Å². The molecule has 1 aliphatic rings. The van der Waals surface area contributed by atoms with Gasteiger partial charge in [0.05, 0.1) is 36.7 Å². The van der Waals surface area contributed by atoms with E-state index >= 15 is 0 Å². The molecule has 0 aromatic heterocycles. The van der Waals surface area contributed by atoms with Crippen molar-refractivity contribution in [3.63, 3.8) is 0 Å². The second-order valence-electron chi connectivity index (χ2n) is 12.5. The minimum atomic E-state index is -1.31. The van der Waals surface area contributed by atoms with Gasteiger partial charge in [0.15, 0.2) is 0 Å². The summed E-state index contributed by atoms with van der Waals surface area (Å²) in [7, 11) is 2.80. The molecule has 0 amide bonds. The zero-order chi connectivity index (χ0) is 41.3. The highest BCUT2D eigenvalue weighted by atomic mass is 19.1. The Balaban J connectivity index is 0. The molecule has 10 nitrogen and oxygen atoms in total. The van der Waals surface area contributed by atoms with Gasteiger partial charge < -0.3 is 50.3 Å².